The summed E-state index contributed by atoms with van der Waals surface area (Å²) in [5, 5.41) is 9.95. The van der Waals surface area contributed by atoms with Crippen molar-refractivity contribution in [3.8, 4) is 11.8 Å². The second-order valence-electron chi connectivity index (χ2n) is 8.17. The van der Waals surface area contributed by atoms with E-state index < -0.39 is 5.41 Å². The minimum absolute atomic E-state index is 0.0440. The average molecular weight is 402 g/mol. The molecule has 0 aliphatic heterocycles. The first-order chi connectivity index (χ1) is 14.4. The molecule has 0 fully saturated rings. The summed E-state index contributed by atoms with van der Waals surface area (Å²) in [7, 11) is 0. The highest BCUT2D eigenvalue weighted by Crippen LogP contribution is 2.46. The van der Waals surface area contributed by atoms with Crippen LogP contribution in [0.4, 0.5) is 0 Å². The molecule has 1 aliphatic rings. The number of hydrogen-bond acceptors (Lipinski definition) is 5. The van der Waals surface area contributed by atoms with Crippen molar-refractivity contribution in [2.24, 2.45) is 0 Å². The normalized spacial score (nSPS) is 14.5. The summed E-state index contributed by atoms with van der Waals surface area (Å²) in [6.45, 7) is 11.8. The Morgan fingerprint density at radius 1 is 1.13 bits per heavy atom. The van der Waals surface area contributed by atoms with Gasteiger partial charge in [-0.2, -0.15) is 5.26 Å². The molecule has 0 amide bonds. The number of fused-ring (bicyclic) bond motifs is 4. The van der Waals surface area contributed by atoms with E-state index in [9.17, 15) is 10.1 Å². The molecule has 0 N–H and O–H groups in total. The molecular formula is C25H26N2O3. The Labute approximate surface area is 176 Å². The van der Waals surface area contributed by atoms with Gasteiger partial charge in [0.05, 0.1) is 17.2 Å². The largest absolute Gasteiger partial charge is 0.492 e. The number of likely N-dealkylation sites (N-methyl/N-ethyl adjacent to an activating group) is 1. The Balaban J connectivity index is 1.71. The Bertz CT molecular complexity index is 1160. The van der Waals surface area contributed by atoms with Crippen LogP contribution in [-0.4, -0.2) is 36.9 Å². The molecule has 1 heterocycles. The van der Waals surface area contributed by atoms with Gasteiger partial charge in [0.2, 0.25) is 0 Å². The number of nitriles is 1. The van der Waals surface area contributed by atoms with Gasteiger partial charge >= 0.3 is 0 Å². The summed E-state index contributed by atoms with van der Waals surface area (Å²) < 4.78 is 12.1. The molecule has 3 aromatic rings. The van der Waals surface area contributed by atoms with Crippen molar-refractivity contribution in [2.75, 3.05) is 26.2 Å². The van der Waals surface area contributed by atoms with E-state index in [0.29, 0.717) is 34.6 Å². The SMILES string of the molecule is CCN(CC)CCOc1ccc2c(c1)C(C)(C)c1oc3cc(C#N)ccc3c1C2=O. The number of nitrogens with zero attached hydrogens (tertiary/aromatic N) is 2. The molecule has 154 valence electrons. The topological polar surface area (TPSA) is 66.5 Å². The minimum Gasteiger partial charge on any atom is -0.492 e. The van der Waals surface area contributed by atoms with Crippen molar-refractivity contribution in [1.29, 1.82) is 5.26 Å². The summed E-state index contributed by atoms with van der Waals surface area (Å²) >= 11 is 0. The van der Waals surface area contributed by atoms with Crippen LogP contribution in [0.1, 0.15) is 60.5 Å². The Morgan fingerprint density at radius 3 is 2.60 bits per heavy atom. The molecule has 0 saturated carbocycles. The number of furan rings is 1. The molecule has 30 heavy (non-hydrogen) atoms. The maximum absolute atomic E-state index is 13.3. The van der Waals surface area contributed by atoms with Gasteiger partial charge in [0.25, 0.3) is 0 Å². The van der Waals surface area contributed by atoms with Crippen LogP contribution in [0.2, 0.25) is 0 Å². The van der Waals surface area contributed by atoms with Crippen LogP contribution >= 0.6 is 0 Å². The van der Waals surface area contributed by atoms with E-state index in [4.69, 9.17) is 9.15 Å². The van der Waals surface area contributed by atoms with E-state index in [1.807, 2.05) is 18.2 Å². The summed E-state index contributed by atoms with van der Waals surface area (Å²) in [5.74, 6) is 1.36. The molecular weight excluding hydrogens is 376 g/mol. The van der Waals surface area contributed by atoms with Crippen LogP contribution in [0.5, 0.6) is 5.75 Å². The Morgan fingerprint density at radius 2 is 1.90 bits per heavy atom. The lowest BCUT2D eigenvalue weighted by Crippen LogP contribution is -2.30. The number of ketones is 1. The molecule has 0 saturated heterocycles. The molecule has 0 unspecified atom stereocenters. The van der Waals surface area contributed by atoms with E-state index in [1.54, 1.807) is 18.2 Å². The lowest BCUT2D eigenvalue weighted by Gasteiger charge is -2.31. The van der Waals surface area contributed by atoms with Crippen molar-refractivity contribution in [1.82, 2.24) is 4.90 Å². The van der Waals surface area contributed by atoms with Crippen LogP contribution in [-0.2, 0) is 5.41 Å². The second-order valence-corrected chi connectivity index (χ2v) is 8.17. The van der Waals surface area contributed by atoms with Crippen molar-refractivity contribution in [2.45, 2.75) is 33.1 Å². The zero-order chi connectivity index (χ0) is 21.5. The number of hydrogen-bond donors (Lipinski definition) is 0. The quantitative estimate of drug-likeness (QED) is 0.587. The van der Waals surface area contributed by atoms with Crippen molar-refractivity contribution >= 4 is 16.8 Å². The van der Waals surface area contributed by atoms with E-state index in [2.05, 4.69) is 38.7 Å². The van der Waals surface area contributed by atoms with Gasteiger partial charge in [-0.15, -0.1) is 0 Å². The van der Waals surface area contributed by atoms with Gasteiger partial charge in [0.1, 0.15) is 23.7 Å². The highest BCUT2D eigenvalue weighted by atomic mass is 16.5. The van der Waals surface area contributed by atoms with Gasteiger partial charge in [0, 0.05) is 22.9 Å². The summed E-state index contributed by atoms with van der Waals surface area (Å²) in [6.07, 6.45) is 0. The molecule has 1 aliphatic carbocycles. The molecule has 0 bridgehead atoms. The molecule has 4 rings (SSSR count). The van der Waals surface area contributed by atoms with E-state index in [0.717, 1.165) is 36.3 Å². The molecule has 5 heteroatoms. The van der Waals surface area contributed by atoms with Crippen molar-refractivity contribution in [3.63, 3.8) is 0 Å². The van der Waals surface area contributed by atoms with Gasteiger partial charge in [-0.25, -0.2) is 0 Å². The first kappa shape index (κ1) is 20.2. The molecule has 2 aromatic carbocycles. The van der Waals surface area contributed by atoms with E-state index in [-0.39, 0.29) is 5.78 Å². The van der Waals surface area contributed by atoms with Crippen LogP contribution in [0, 0.1) is 11.3 Å². The highest BCUT2D eigenvalue weighted by molar-refractivity contribution is 6.19. The lowest BCUT2D eigenvalue weighted by atomic mass is 9.71. The maximum Gasteiger partial charge on any atom is 0.197 e. The zero-order valence-corrected chi connectivity index (χ0v) is 17.9. The lowest BCUT2D eigenvalue weighted by molar-refractivity contribution is 0.102. The standard InChI is InChI=1S/C25H26N2O3/c1-5-27(6-2)11-12-29-17-8-10-18-20(14-17)25(3,4)24-22(23(18)28)19-9-7-16(15-26)13-21(19)30-24/h7-10,13-14H,5-6,11-12H2,1-4H3. The van der Waals surface area contributed by atoms with Gasteiger partial charge in [-0.05, 0) is 68.9 Å². The van der Waals surface area contributed by atoms with E-state index >= 15 is 0 Å². The third-order valence-electron chi connectivity index (χ3n) is 6.09. The first-order valence-electron chi connectivity index (χ1n) is 10.4. The fraction of sp³-hybridized carbons (Fsp3) is 0.360. The van der Waals surface area contributed by atoms with Crippen LogP contribution in [0.3, 0.4) is 0 Å². The van der Waals surface area contributed by atoms with Gasteiger partial charge < -0.3 is 14.1 Å². The molecule has 5 nitrogen and oxygen atoms in total. The van der Waals surface area contributed by atoms with E-state index in [1.165, 1.54) is 0 Å². The minimum atomic E-state index is -0.497. The maximum atomic E-state index is 13.3. The van der Waals surface area contributed by atoms with Crippen LogP contribution in [0.25, 0.3) is 11.0 Å². The predicted molar refractivity (Wildman–Crippen MR) is 116 cm³/mol. The van der Waals surface area contributed by atoms with Gasteiger partial charge in [-0.1, -0.05) is 13.8 Å². The third kappa shape index (κ3) is 3.18. The molecule has 0 radical (unpaired) electrons. The monoisotopic (exact) mass is 402 g/mol. The van der Waals surface area contributed by atoms with Crippen molar-refractivity contribution in [3.05, 3.63) is 64.4 Å². The first-order valence-corrected chi connectivity index (χ1v) is 10.4. The fourth-order valence-electron chi connectivity index (χ4n) is 4.25. The van der Waals surface area contributed by atoms with Crippen LogP contribution < -0.4 is 4.74 Å². The Hall–Kier alpha value is -3.10. The average Bonchev–Trinajstić information content (AvgIpc) is 3.15. The Kier molecular flexibility index (Phi) is 5.13. The molecule has 0 atom stereocenters. The number of benzene rings is 2. The number of carbonyl (C=O) groups is 1. The number of carbonyl (C=O) groups excluding carboxylic acids is 1. The van der Waals surface area contributed by atoms with Crippen molar-refractivity contribution < 1.29 is 13.9 Å². The molecule has 1 aromatic heterocycles. The van der Waals surface area contributed by atoms with Crippen LogP contribution in [0.15, 0.2) is 40.8 Å². The highest BCUT2D eigenvalue weighted by Gasteiger charge is 2.41. The summed E-state index contributed by atoms with van der Waals surface area (Å²) in [4.78, 5) is 15.7. The number of ether oxygens (including phenoxy) is 1. The third-order valence-corrected chi connectivity index (χ3v) is 6.09. The second kappa shape index (κ2) is 7.62. The van der Waals surface area contributed by atoms with Gasteiger partial charge in [0.15, 0.2) is 5.78 Å². The zero-order valence-electron chi connectivity index (χ0n) is 17.9. The smallest absolute Gasteiger partial charge is 0.197 e. The summed E-state index contributed by atoms with van der Waals surface area (Å²) in [5.41, 5.74) is 2.77. The number of rotatable bonds is 6. The molecule has 0 spiro atoms. The summed E-state index contributed by atoms with van der Waals surface area (Å²) in [6, 6.07) is 13.0. The predicted octanol–water partition coefficient (Wildman–Crippen LogP) is 4.90. The fourth-order valence-corrected chi connectivity index (χ4v) is 4.25. The van der Waals surface area contributed by atoms with Gasteiger partial charge in [-0.3, -0.25) is 4.79 Å².